The van der Waals surface area contributed by atoms with Crippen LogP contribution in [0.15, 0.2) is 36.4 Å². The molecule has 0 aliphatic heterocycles. The van der Waals surface area contributed by atoms with Crippen LogP contribution in [0.4, 0.5) is 8.78 Å². The van der Waals surface area contributed by atoms with Gasteiger partial charge in [0, 0.05) is 21.5 Å². The van der Waals surface area contributed by atoms with Gasteiger partial charge in [-0.1, -0.05) is 39.7 Å². The van der Waals surface area contributed by atoms with E-state index < -0.39 is 11.6 Å². The minimum absolute atomic E-state index is 0.0761. The third kappa shape index (κ3) is 3.45. The van der Waals surface area contributed by atoms with Crippen molar-refractivity contribution in [2.75, 3.05) is 0 Å². The summed E-state index contributed by atoms with van der Waals surface area (Å²) >= 11 is 9.04. The Balaban J connectivity index is 2.21. The predicted molar refractivity (Wildman–Crippen MR) is 74.8 cm³/mol. The lowest BCUT2D eigenvalue weighted by Gasteiger charge is -2.11. The highest BCUT2D eigenvalue weighted by atomic mass is 79.9. The molecular weight excluding hydrogens is 338 g/mol. The van der Waals surface area contributed by atoms with Crippen LogP contribution in [0.1, 0.15) is 11.1 Å². The number of alkyl halides is 1. The van der Waals surface area contributed by atoms with E-state index in [9.17, 15) is 8.78 Å². The molecule has 0 amide bonds. The first kappa shape index (κ1) is 14.3. The quantitative estimate of drug-likeness (QED) is 0.700. The van der Waals surface area contributed by atoms with E-state index in [1.807, 2.05) is 0 Å². The topological polar surface area (TPSA) is 9.23 Å². The van der Waals surface area contributed by atoms with E-state index in [4.69, 9.17) is 16.3 Å². The molecule has 0 spiro atoms. The van der Waals surface area contributed by atoms with Gasteiger partial charge in [0.05, 0.1) is 0 Å². The first-order chi connectivity index (χ1) is 9.11. The van der Waals surface area contributed by atoms with Crippen molar-refractivity contribution < 1.29 is 13.5 Å². The average molecular weight is 348 g/mol. The Kier molecular flexibility index (Phi) is 4.77. The standard InChI is InChI=1S/C14H10BrClF2O/c15-7-9-2-1-3-13(18)14(9)19-8-10-6-11(16)4-5-12(10)17/h1-6H,7-8H2. The SMILES string of the molecule is Fc1ccc(Cl)cc1COc1c(F)cccc1CBr. The average Bonchev–Trinajstić information content (AvgIpc) is 2.40. The van der Waals surface area contributed by atoms with Crippen LogP contribution in [0.2, 0.25) is 5.02 Å². The zero-order chi connectivity index (χ0) is 13.8. The Hall–Kier alpha value is -1.13. The van der Waals surface area contributed by atoms with Gasteiger partial charge >= 0.3 is 0 Å². The zero-order valence-corrected chi connectivity index (χ0v) is 12.1. The van der Waals surface area contributed by atoms with Crippen LogP contribution < -0.4 is 4.74 Å². The second kappa shape index (κ2) is 6.35. The summed E-state index contributed by atoms with van der Waals surface area (Å²) in [5.74, 6) is -0.778. The highest BCUT2D eigenvalue weighted by Gasteiger charge is 2.11. The van der Waals surface area contributed by atoms with Crippen molar-refractivity contribution in [2.24, 2.45) is 0 Å². The Morgan fingerprint density at radius 2 is 1.84 bits per heavy atom. The normalized spacial score (nSPS) is 10.5. The molecule has 0 aromatic heterocycles. The molecule has 100 valence electrons. The smallest absolute Gasteiger partial charge is 0.165 e. The van der Waals surface area contributed by atoms with E-state index in [1.54, 1.807) is 12.1 Å². The van der Waals surface area contributed by atoms with E-state index in [0.29, 0.717) is 15.9 Å². The minimum Gasteiger partial charge on any atom is -0.485 e. The molecule has 0 N–H and O–H groups in total. The molecule has 2 aromatic rings. The molecule has 0 bridgehead atoms. The molecule has 2 rings (SSSR count). The van der Waals surface area contributed by atoms with E-state index in [2.05, 4.69) is 15.9 Å². The summed E-state index contributed by atoms with van der Waals surface area (Å²) in [4.78, 5) is 0. The molecule has 19 heavy (non-hydrogen) atoms. The van der Waals surface area contributed by atoms with E-state index in [1.165, 1.54) is 24.3 Å². The molecule has 0 fully saturated rings. The van der Waals surface area contributed by atoms with Crippen molar-refractivity contribution in [3.05, 3.63) is 64.2 Å². The lowest BCUT2D eigenvalue weighted by atomic mass is 10.2. The molecule has 0 unspecified atom stereocenters. The molecule has 0 aliphatic carbocycles. The highest BCUT2D eigenvalue weighted by molar-refractivity contribution is 9.08. The molecule has 0 saturated heterocycles. The fourth-order valence-corrected chi connectivity index (χ4v) is 2.26. The summed E-state index contributed by atoms with van der Waals surface area (Å²) in [5.41, 5.74) is 0.957. The lowest BCUT2D eigenvalue weighted by Crippen LogP contribution is -2.02. The third-order valence-corrected chi connectivity index (χ3v) is 3.41. The summed E-state index contributed by atoms with van der Waals surface area (Å²) in [6, 6.07) is 8.81. The van der Waals surface area contributed by atoms with Crippen LogP contribution >= 0.6 is 27.5 Å². The van der Waals surface area contributed by atoms with Crippen LogP contribution in [0, 0.1) is 11.6 Å². The van der Waals surface area contributed by atoms with E-state index >= 15 is 0 Å². The molecule has 0 radical (unpaired) electrons. The van der Waals surface area contributed by atoms with Gasteiger partial charge in [0.25, 0.3) is 0 Å². The largest absolute Gasteiger partial charge is 0.485 e. The summed E-state index contributed by atoms with van der Waals surface area (Å²) in [7, 11) is 0. The number of hydrogen-bond acceptors (Lipinski definition) is 1. The molecule has 0 aliphatic rings. The van der Waals surface area contributed by atoms with Crippen molar-refractivity contribution in [2.45, 2.75) is 11.9 Å². The maximum absolute atomic E-state index is 13.7. The lowest BCUT2D eigenvalue weighted by molar-refractivity contribution is 0.282. The van der Waals surface area contributed by atoms with Crippen LogP contribution in [-0.2, 0) is 11.9 Å². The van der Waals surface area contributed by atoms with Crippen molar-refractivity contribution in [1.29, 1.82) is 0 Å². The fourth-order valence-electron chi connectivity index (χ4n) is 1.62. The van der Waals surface area contributed by atoms with Gasteiger partial charge in [-0.15, -0.1) is 0 Å². The van der Waals surface area contributed by atoms with Crippen molar-refractivity contribution >= 4 is 27.5 Å². The third-order valence-electron chi connectivity index (χ3n) is 2.57. The maximum Gasteiger partial charge on any atom is 0.165 e. The van der Waals surface area contributed by atoms with Gasteiger partial charge < -0.3 is 4.74 Å². The first-order valence-corrected chi connectivity index (χ1v) is 7.02. The van der Waals surface area contributed by atoms with Crippen molar-refractivity contribution in [3.8, 4) is 5.75 Å². The summed E-state index contributed by atoms with van der Waals surface area (Å²) < 4.78 is 32.5. The minimum atomic E-state index is -0.473. The van der Waals surface area contributed by atoms with Gasteiger partial charge in [0.1, 0.15) is 12.4 Å². The summed E-state index contributed by atoms with van der Waals surface area (Å²) in [6.45, 7) is -0.0761. The number of para-hydroxylation sites is 1. The monoisotopic (exact) mass is 346 g/mol. The van der Waals surface area contributed by atoms with Crippen molar-refractivity contribution in [3.63, 3.8) is 0 Å². The summed E-state index contributed by atoms with van der Waals surface area (Å²) in [6.07, 6.45) is 0. The number of hydrogen-bond donors (Lipinski definition) is 0. The number of rotatable bonds is 4. The van der Waals surface area contributed by atoms with E-state index in [0.717, 1.165) is 0 Å². The molecule has 0 saturated carbocycles. The van der Waals surface area contributed by atoms with Crippen LogP contribution in [0.5, 0.6) is 5.75 Å². The van der Waals surface area contributed by atoms with Crippen molar-refractivity contribution in [1.82, 2.24) is 0 Å². The predicted octanol–water partition coefficient (Wildman–Crippen LogP) is 5.09. The number of benzene rings is 2. The number of ether oxygens (including phenoxy) is 1. The Morgan fingerprint density at radius 3 is 2.58 bits per heavy atom. The second-order valence-corrected chi connectivity index (χ2v) is 4.88. The van der Waals surface area contributed by atoms with Gasteiger partial charge in [0.15, 0.2) is 11.6 Å². The van der Waals surface area contributed by atoms with Gasteiger partial charge in [0.2, 0.25) is 0 Å². The molecule has 5 heteroatoms. The Morgan fingerprint density at radius 1 is 1.05 bits per heavy atom. The molecule has 0 heterocycles. The zero-order valence-electron chi connectivity index (χ0n) is 9.80. The molecule has 2 aromatic carbocycles. The van der Waals surface area contributed by atoms with Crippen LogP contribution in [0.3, 0.4) is 0 Å². The first-order valence-electron chi connectivity index (χ1n) is 5.52. The Labute approximate surface area is 123 Å². The van der Waals surface area contributed by atoms with Crippen LogP contribution in [0.25, 0.3) is 0 Å². The van der Waals surface area contributed by atoms with Gasteiger partial charge in [-0.05, 0) is 24.3 Å². The number of halogens is 4. The molecular formula is C14H10BrClF2O. The Bertz CT molecular complexity index is 590. The van der Waals surface area contributed by atoms with E-state index in [-0.39, 0.29) is 17.9 Å². The van der Waals surface area contributed by atoms with Gasteiger partial charge in [-0.3, -0.25) is 0 Å². The summed E-state index contributed by atoms with van der Waals surface area (Å²) in [5, 5.41) is 0.868. The molecule has 0 atom stereocenters. The fraction of sp³-hybridized carbons (Fsp3) is 0.143. The molecule has 1 nitrogen and oxygen atoms in total. The second-order valence-electron chi connectivity index (χ2n) is 3.89. The van der Waals surface area contributed by atoms with Gasteiger partial charge in [-0.25, -0.2) is 8.78 Å². The van der Waals surface area contributed by atoms with Gasteiger partial charge in [-0.2, -0.15) is 0 Å². The maximum atomic E-state index is 13.7. The highest BCUT2D eigenvalue weighted by Crippen LogP contribution is 2.26. The van der Waals surface area contributed by atoms with Crippen LogP contribution in [-0.4, -0.2) is 0 Å².